The van der Waals surface area contributed by atoms with Gasteiger partial charge in [-0.15, -0.1) is 0 Å². The van der Waals surface area contributed by atoms with Crippen LogP contribution in [0.15, 0.2) is 29.2 Å². The Morgan fingerprint density at radius 3 is 2.56 bits per heavy atom. The zero-order valence-electron chi connectivity index (χ0n) is 8.52. The Kier molecular flexibility index (Phi) is 3.79. The third-order valence-corrected chi connectivity index (χ3v) is 5.33. The van der Waals surface area contributed by atoms with Gasteiger partial charge in [-0.2, -0.15) is 11.8 Å². The molecule has 1 N–H and O–H groups in total. The predicted molar refractivity (Wildman–Crippen MR) is 67.5 cm³/mol. The SMILES string of the molecule is O=S(=O)(NC1CCSC1)c1ccc(Cl)cc1. The minimum atomic E-state index is -3.38. The highest BCUT2D eigenvalue weighted by Crippen LogP contribution is 2.20. The number of sulfonamides is 1. The molecule has 1 aromatic rings. The van der Waals surface area contributed by atoms with E-state index in [1.807, 2.05) is 0 Å². The first kappa shape index (κ1) is 12.2. The fourth-order valence-electron chi connectivity index (χ4n) is 1.53. The first-order chi connectivity index (χ1) is 7.58. The standard InChI is InChI=1S/C10H12ClNO2S2/c11-8-1-3-10(4-2-8)16(13,14)12-9-5-6-15-7-9/h1-4,9,12H,5-7H2. The second kappa shape index (κ2) is 4.96. The summed E-state index contributed by atoms with van der Waals surface area (Å²) in [5.74, 6) is 1.88. The summed E-state index contributed by atoms with van der Waals surface area (Å²) in [7, 11) is -3.38. The van der Waals surface area contributed by atoms with Gasteiger partial charge in [0.15, 0.2) is 0 Å². The Morgan fingerprint density at radius 2 is 2.00 bits per heavy atom. The van der Waals surface area contributed by atoms with Crippen LogP contribution in [0.5, 0.6) is 0 Å². The van der Waals surface area contributed by atoms with Gasteiger partial charge in [0, 0.05) is 16.8 Å². The van der Waals surface area contributed by atoms with E-state index in [0.717, 1.165) is 17.9 Å². The highest BCUT2D eigenvalue weighted by Gasteiger charge is 2.22. The Labute approximate surface area is 105 Å². The average molecular weight is 278 g/mol. The molecule has 1 heterocycles. The maximum atomic E-state index is 11.9. The molecule has 0 bridgehead atoms. The Hall–Kier alpha value is -0.230. The molecule has 0 aliphatic carbocycles. The normalized spacial score (nSPS) is 21.2. The van der Waals surface area contributed by atoms with Crippen molar-refractivity contribution in [3.05, 3.63) is 29.3 Å². The third-order valence-electron chi connectivity index (χ3n) is 2.38. The molecule has 1 saturated heterocycles. The summed E-state index contributed by atoms with van der Waals surface area (Å²) in [6.45, 7) is 0. The highest BCUT2D eigenvalue weighted by molar-refractivity contribution is 7.99. The van der Waals surface area contributed by atoms with E-state index < -0.39 is 10.0 Å². The lowest BCUT2D eigenvalue weighted by atomic mass is 10.3. The van der Waals surface area contributed by atoms with Gasteiger partial charge in [-0.1, -0.05) is 11.6 Å². The first-order valence-electron chi connectivity index (χ1n) is 4.93. The molecule has 0 aromatic heterocycles. The van der Waals surface area contributed by atoms with Gasteiger partial charge in [0.05, 0.1) is 4.90 Å². The summed E-state index contributed by atoms with van der Waals surface area (Å²) >= 11 is 7.49. The van der Waals surface area contributed by atoms with Crippen LogP contribution in [-0.2, 0) is 10.0 Å². The van der Waals surface area contributed by atoms with Crippen LogP contribution in [-0.4, -0.2) is 26.0 Å². The molecule has 1 unspecified atom stereocenters. The molecule has 6 heteroatoms. The summed E-state index contributed by atoms with van der Waals surface area (Å²) in [6.07, 6.45) is 0.900. The molecule has 16 heavy (non-hydrogen) atoms. The van der Waals surface area contributed by atoms with Crippen molar-refractivity contribution in [3.8, 4) is 0 Å². The molecule has 0 spiro atoms. The van der Waals surface area contributed by atoms with Crippen molar-refractivity contribution in [2.24, 2.45) is 0 Å². The first-order valence-corrected chi connectivity index (χ1v) is 7.95. The molecule has 0 amide bonds. The number of benzene rings is 1. The second-order valence-electron chi connectivity index (χ2n) is 3.64. The predicted octanol–water partition coefficient (Wildman–Crippen LogP) is 2.12. The number of thioether (sulfide) groups is 1. The number of hydrogen-bond donors (Lipinski definition) is 1. The zero-order valence-corrected chi connectivity index (χ0v) is 10.9. The molecule has 1 aromatic carbocycles. The molecule has 0 saturated carbocycles. The number of nitrogens with one attached hydrogen (secondary N) is 1. The van der Waals surface area contributed by atoms with Gasteiger partial charge in [-0.25, -0.2) is 13.1 Å². The van der Waals surface area contributed by atoms with Crippen molar-refractivity contribution in [1.29, 1.82) is 0 Å². The van der Waals surface area contributed by atoms with E-state index in [1.54, 1.807) is 23.9 Å². The lowest BCUT2D eigenvalue weighted by Gasteiger charge is -2.11. The van der Waals surface area contributed by atoms with Gasteiger partial charge >= 0.3 is 0 Å². The summed E-state index contributed by atoms with van der Waals surface area (Å²) in [4.78, 5) is 0.272. The van der Waals surface area contributed by atoms with E-state index in [1.165, 1.54) is 12.1 Å². The minimum absolute atomic E-state index is 0.0608. The van der Waals surface area contributed by atoms with Crippen molar-refractivity contribution in [1.82, 2.24) is 4.72 Å². The molecule has 0 radical (unpaired) electrons. The van der Waals surface area contributed by atoms with Gasteiger partial charge in [-0.3, -0.25) is 0 Å². The van der Waals surface area contributed by atoms with Crippen molar-refractivity contribution >= 4 is 33.4 Å². The molecule has 2 rings (SSSR count). The summed E-state index contributed by atoms with van der Waals surface area (Å²) < 4.78 is 26.6. The summed E-state index contributed by atoms with van der Waals surface area (Å²) in [5.41, 5.74) is 0. The van der Waals surface area contributed by atoms with Gasteiger partial charge < -0.3 is 0 Å². The van der Waals surface area contributed by atoms with Crippen molar-refractivity contribution < 1.29 is 8.42 Å². The third kappa shape index (κ3) is 2.91. The van der Waals surface area contributed by atoms with Gasteiger partial charge in [0.1, 0.15) is 0 Å². The van der Waals surface area contributed by atoms with Crippen LogP contribution in [0.25, 0.3) is 0 Å². The minimum Gasteiger partial charge on any atom is -0.207 e. The fourth-order valence-corrected chi connectivity index (χ4v) is 4.18. The number of rotatable bonds is 3. The van der Waals surface area contributed by atoms with Crippen molar-refractivity contribution in [3.63, 3.8) is 0 Å². The van der Waals surface area contributed by atoms with E-state index in [-0.39, 0.29) is 10.9 Å². The van der Waals surface area contributed by atoms with Gasteiger partial charge in [-0.05, 0) is 36.4 Å². The summed E-state index contributed by atoms with van der Waals surface area (Å²) in [6, 6.07) is 6.27. The van der Waals surface area contributed by atoms with Crippen LogP contribution in [0.2, 0.25) is 5.02 Å². The van der Waals surface area contributed by atoms with E-state index in [0.29, 0.717) is 5.02 Å². The maximum absolute atomic E-state index is 11.9. The molecule has 1 aliphatic rings. The van der Waals surface area contributed by atoms with E-state index in [4.69, 9.17) is 11.6 Å². The molecule has 88 valence electrons. The lowest BCUT2D eigenvalue weighted by Crippen LogP contribution is -2.34. The van der Waals surface area contributed by atoms with Crippen LogP contribution in [0.3, 0.4) is 0 Å². The Morgan fingerprint density at radius 1 is 1.31 bits per heavy atom. The zero-order chi connectivity index (χ0) is 11.6. The molecular weight excluding hydrogens is 266 g/mol. The molecule has 1 aliphatic heterocycles. The lowest BCUT2D eigenvalue weighted by molar-refractivity contribution is 0.563. The van der Waals surface area contributed by atoms with Crippen molar-refractivity contribution in [2.75, 3.05) is 11.5 Å². The monoisotopic (exact) mass is 277 g/mol. The molecule has 1 atom stereocenters. The molecule has 3 nitrogen and oxygen atoms in total. The summed E-state index contributed by atoms with van der Waals surface area (Å²) in [5, 5.41) is 0.537. The van der Waals surface area contributed by atoms with Crippen LogP contribution in [0, 0.1) is 0 Å². The highest BCUT2D eigenvalue weighted by atomic mass is 35.5. The number of hydrogen-bond acceptors (Lipinski definition) is 3. The molecular formula is C10H12ClNO2S2. The fraction of sp³-hybridized carbons (Fsp3) is 0.400. The topological polar surface area (TPSA) is 46.2 Å². The average Bonchev–Trinajstić information content (AvgIpc) is 2.70. The van der Waals surface area contributed by atoms with E-state index >= 15 is 0 Å². The van der Waals surface area contributed by atoms with Gasteiger partial charge in [0.25, 0.3) is 0 Å². The van der Waals surface area contributed by atoms with Crippen molar-refractivity contribution in [2.45, 2.75) is 17.4 Å². The number of halogens is 1. The van der Waals surface area contributed by atoms with E-state index in [2.05, 4.69) is 4.72 Å². The van der Waals surface area contributed by atoms with E-state index in [9.17, 15) is 8.42 Å². The van der Waals surface area contributed by atoms with Crippen LogP contribution >= 0.6 is 23.4 Å². The van der Waals surface area contributed by atoms with Gasteiger partial charge in [0.2, 0.25) is 10.0 Å². The van der Waals surface area contributed by atoms with Crippen LogP contribution < -0.4 is 4.72 Å². The maximum Gasteiger partial charge on any atom is 0.240 e. The largest absolute Gasteiger partial charge is 0.240 e. The quantitative estimate of drug-likeness (QED) is 0.921. The van der Waals surface area contributed by atoms with Crippen LogP contribution in [0.1, 0.15) is 6.42 Å². The van der Waals surface area contributed by atoms with Crippen LogP contribution in [0.4, 0.5) is 0 Å². The smallest absolute Gasteiger partial charge is 0.207 e. The molecule has 1 fully saturated rings. The Bertz CT molecular complexity index is 452. The Balaban J connectivity index is 2.14. The second-order valence-corrected chi connectivity index (χ2v) is 6.94.